The largest absolute Gasteiger partial charge is 0.393 e. The van der Waals surface area contributed by atoms with E-state index < -0.39 is 4.92 Å². The third-order valence-corrected chi connectivity index (χ3v) is 3.61. The molecule has 1 saturated carbocycles. The number of benzene rings is 1. The summed E-state index contributed by atoms with van der Waals surface area (Å²) < 4.78 is 0. The van der Waals surface area contributed by atoms with E-state index in [9.17, 15) is 15.2 Å². The van der Waals surface area contributed by atoms with Crippen molar-refractivity contribution in [3.63, 3.8) is 0 Å². The summed E-state index contributed by atoms with van der Waals surface area (Å²) in [5.74, 6) is 0.136. The molecule has 1 aromatic carbocycles. The molecule has 0 heterocycles. The molecule has 1 aliphatic carbocycles. The molecule has 2 atom stereocenters. The van der Waals surface area contributed by atoms with Crippen molar-refractivity contribution in [2.75, 3.05) is 11.9 Å². The predicted molar refractivity (Wildman–Crippen MR) is 70.9 cm³/mol. The molecule has 0 aliphatic heterocycles. The number of nitro groups is 1. The number of hydrogen-bond acceptors (Lipinski definition) is 5. The summed E-state index contributed by atoms with van der Waals surface area (Å²) in [5.41, 5.74) is 1.01. The maximum Gasteiger partial charge on any atom is 0.292 e. The number of nitro benzene ring substituents is 1. The first kappa shape index (κ1) is 13.8. The fraction of sp³-hybridized carbons (Fsp3) is 0.538. The third kappa shape index (κ3) is 3.21. The summed E-state index contributed by atoms with van der Waals surface area (Å²) in [6, 6.07) is 4.51. The van der Waals surface area contributed by atoms with Gasteiger partial charge in [-0.15, -0.1) is 0 Å². The average Bonchev–Trinajstić information content (AvgIpc) is 2.81. The number of aliphatic hydroxyl groups is 2. The molecule has 6 nitrogen and oxygen atoms in total. The molecular formula is C13H18N2O4. The van der Waals surface area contributed by atoms with Crippen LogP contribution in [0.25, 0.3) is 0 Å². The fourth-order valence-electron chi connectivity index (χ4n) is 2.48. The van der Waals surface area contributed by atoms with Gasteiger partial charge in [-0.3, -0.25) is 10.1 Å². The molecular weight excluding hydrogens is 248 g/mol. The molecule has 19 heavy (non-hydrogen) atoms. The monoisotopic (exact) mass is 266 g/mol. The van der Waals surface area contributed by atoms with Gasteiger partial charge in [0.05, 0.1) is 17.6 Å². The predicted octanol–water partition coefficient (Wildman–Crippen LogP) is 1.66. The Labute approximate surface area is 111 Å². The zero-order valence-electron chi connectivity index (χ0n) is 10.6. The Morgan fingerprint density at radius 3 is 2.79 bits per heavy atom. The lowest BCUT2D eigenvalue weighted by atomic mass is 10.1. The van der Waals surface area contributed by atoms with Gasteiger partial charge in [-0.2, -0.15) is 0 Å². The molecule has 1 aromatic rings. The molecule has 1 fully saturated rings. The van der Waals surface area contributed by atoms with E-state index in [0.29, 0.717) is 17.8 Å². The topological polar surface area (TPSA) is 95.6 Å². The molecule has 0 saturated heterocycles. The first-order valence-electron chi connectivity index (χ1n) is 6.42. The van der Waals surface area contributed by atoms with E-state index in [-0.39, 0.29) is 24.3 Å². The van der Waals surface area contributed by atoms with Crippen LogP contribution in [0.1, 0.15) is 24.8 Å². The van der Waals surface area contributed by atoms with E-state index in [2.05, 4.69) is 5.32 Å². The summed E-state index contributed by atoms with van der Waals surface area (Å²) in [4.78, 5) is 10.5. The zero-order chi connectivity index (χ0) is 13.8. The lowest BCUT2D eigenvalue weighted by Crippen LogP contribution is -2.22. The van der Waals surface area contributed by atoms with Crippen LogP contribution < -0.4 is 5.32 Å². The van der Waals surface area contributed by atoms with E-state index in [4.69, 9.17) is 5.11 Å². The highest BCUT2D eigenvalue weighted by Crippen LogP contribution is 2.29. The molecule has 0 bridgehead atoms. The van der Waals surface area contributed by atoms with E-state index in [1.807, 2.05) is 0 Å². The minimum Gasteiger partial charge on any atom is -0.393 e. The van der Waals surface area contributed by atoms with Crippen LogP contribution >= 0.6 is 0 Å². The van der Waals surface area contributed by atoms with Crippen LogP contribution in [0.5, 0.6) is 0 Å². The zero-order valence-corrected chi connectivity index (χ0v) is 10.6. The second-order valence-electron chi connectivity index (χ2n) is 4.91. The maximum atomic E-state index is 10.9. The third-order valence-electron chi connectivity index (χ3n) is 3.61. The quantitative estimate of drug-likeness (QED) is 0.556. The first-order chi connectivity index (χ1) is 9.11. The first-order valence-corrected chi connectivity index (χ1v) is 6.42. The lowest BCUT2D eigenvalue weighted by Gasteiger charge is -2.16. The van der Waals surface area contributed by atoms with Gasteiger partial charge in [-0.05, 0) is 30.5 Å². The van der Waals surface area contributed by atoms with Crippen LogP contribution in [0.4, 0.5) is 11.4 Å². The Balaban J connectivity index is 2.10. The molecule has 3 N–H and O–H groups in total. The van der Waals surface area contributed by atoms with Crippen molar-refractivity contribution in [2.24, 2.45) is 5.92 Å². The highest BCUT2D eigenvalue weighted by molar-refractivity contribution is 5.62. The highest BCUT2D eigenvalue weighted by Gasteiger charge is 2.25. The van der Waals surface area contributed by atoms with Gasteiger partial charge in [0, 0.05) is 18.5 Å². The van der Waals surface area contributed by atoms with E-state index in [0.717, 1.165) is 19.3 Å². The van der Waals surface area contributed by atoms with Gasteiger partial charge in [0.25, 0.3) is 5.69 Å². The summed E-state index contributed by atoms with van der Waals surface area (Å²) in [6.45, 7) is 0.357. The summed E-state index contributed by atoms with van der Waals surface area (Å²) >= 11 is 0. The van der Waals surface area contributed by atoms with Crippen molar-refractivity contribution < 1.29 is 15.1 Å². The molecule has 6 heteroatoms. The molecule has 0 spiro atoms. The van der Waals surface area contributed by atoms with Crippen LogP contribution in [-0.4, -0.2) is 27.8 Å². The van der Waals surface area contributed by atoms with Crippen molar-refractivity contribution in [3.05, 3.63) is 33.9 Å². The standard InChI is InChI=1S/C13H18N2O4/c16-8-9-4-5-12(15(18)19)11(6-9)14-7-10-2-1-3-13(10)17/h4-6,10,13-14,16-17H,1-3,7-8H2. The van der Waals surface area contributed by atoms with Gasteiger partial charge < -0.3 is 15.5 Å². The number of rotatable bonds is 5. The average molecular weight is 266 g/mol. The van der Waals surface area contributed by atoms with Crippen LogP contribution in [-0.2, 0) is 6.61 Å². The van der Waals surface area contributed by atoms with Crippen molar-refractivity contribution in [1.82, 2.24) is 0 Å². The number of nitrogens with zero attached hydrogens (tertiary/aromatic N) is 1. The van der Waals surface area contributed by atoms with Crippen LogP contribution in [0.15, 0.2) is 18.2 Å². The number of nitrogens with one attached hydrogen (secondary N) is 1. The number of aliphatic hydroxyl groups excluding tert-OH is 2. The van der Waals surface area contributed by atoms with Crippen LogP contribution in [0.2, 0.25) is 0 Å². The summed E-state index contributed by atoms with van der Waals surface area (Å²) in [7, 11) is 0. The van der Waals surface area contributed by atoms with Crippen molar-refractivity contribution in [3.8, 4) is 0 Å². The maximum absolute atomic E-state index is 10.9. The fourth-order valence-corrected chi connectivity index (χ4v) is 2.48. The van der Waals surface area contributed by atoms with E-state index >= 15 is 0 Å². The van der Waals surface area contributed by atoms with Crippen LogP contribution in [0, 0.1) is 16.0 Å². The lowest BCUT2D eigenvalue weighted by molar-refractivity contribution is -0.384. The smallest absolute Gasteiger partial charge is 0.292 e. The van der Waals surface area contributed by atoms with Gasteiger partial charge in [-0.25, -0.2) is 0 Å². The Bertz CT molecular complexity index is 464. The van der Waals surface area contributed by atoms with E-state index in [1.165, 1.54) is 12.1 Å². The number of hydrogen-bond donors (Lipinski definition) is 3. The van der Waals surface area contributed by atoms with Gasteiger partial charge >= 0.3 is 0 Å². The van der Waals surface area contributed by atoms with Gasteiger partial charge in [-0.1, -0.05) is 6.42 Å². The molecule has 0 amide bonds. The second kappa shape index (κ2) is 5.99. The Morgan fingerprint density at radius 1 is 1.42 bits per heavy atom. The van der Waals surface area contributed by atoms with E-state index in [1.54, 1.807) is 6.07 Å². The summed E-state index contributed by atoms with van der Waals surface area (Å²) in [5, 5.41) is 32.8. The SMILES string of the molecule is O=[N+]([O-])c1ccc(CO)cc1NCC1CCCC1O. The summed E-state index contributed by atoms with van der Waals surface area (Å²) in [6.07, 6.45) is 2.39. The van der Waals surface area contributed by atoms with Gasteiger partial charge in [0.2, 0.25) is 0 Å². The Hall–Kier alpha value is -1.66. The van der Waals surface area contributed by atoms with Crippen molar-refractivity contribution in [2.45, 2.75) is 32.0 Å². The normalized spacial score (nSPS) is 22.4. The Kier molecular flexibility index (Phi) is 4.34. The molecule has 0 aromatic heterocycles. The van der Waals surface area contributed by atoms with Crippen LogP contribution in [0.3, 0.4) is 0 Å². The molecule has 104 valence electrons. The minimum atomic E-state index is -0.450. The van der Waals surface area contributed by atoms with Crippen molar-refractivity contribution >= 4 is 11.4 Å². The molecule has 2 unspecified atom stereocenters. The number of anilines is 1. The molecule has 1 aliphatic rings. The van der Waals surface area contributed by atoms with Gasteiger partial charge in [0.1, 0.15) is 5.69 Å². The van der Waals surface area contributed by atoms with Gasteiger partial charge in [0.15, 0.2) is 0 Å². The Morgan fingerprint density at radius 2 is 2.21 bits per heavy atom. The molecule has 0 radical (unpaired) electrons. The molecule has 2 rings (SSSR count). The highest BCUT2D eigenvalue weighted by atomic mass is 16.6. The second-order valence-corrected chi connectivity index (χ2v) is 4.91. The van der Waals surface area contributed by atoms with Crippen molar-refractivity contribution in [1.29, 1.82) is 0 Å². The minimum absolute atomic E-state index is 0.00955.